The normalized spacial score (nSPS) is 19.5. The fourth-order valence-electron chi connectivity index (χ4n) is 4.66. The van der Waals surface area contributed by atoms with E-state index in [1.807, 2.05) is 0 Å². The van der Waals surface area contributed by atoms with Gasteiger partial charge in [0.25, 0.3) is 0 Å². The third kappa shape index (κ3) is 5.84. The van der Waals surface area contributed by atoms with Crippen LogP contribution >= 0.6 is 23.1 Å². The number of thioether (sulfide) groups is 1. The number of alkyl halides is 6. The number of thiophene rings is 1. The molecule has 5 rings (SSSR count). The summed E-state index contributed by atoms with van der Waals surface area (Å²) in [4.78, 5) is 49.4. The van der Waals surface area contributed by atoms with Gasteiger partial charge < -0.3 is 0 Å². The molecule has 0 radical (unpaired) electrons. The third-order valence-electron chi connectivity index (χ3n) is 6.47. The number of rotatable bonds is 7. The van der Waals surface area contributed by atoms with Crippen molar-refractivity contribution in [2.45, 2.75) is 35.6 Å². The predicted octanol–water partition coefficient (Wildman–Crippen LogP) is 7.02. The van der Waals surface area contributed by atoms with Crippen molar-refractivity contribution in [3.63, 3.8) is 0 Å². The van der Waals surface area contributed by atoms with Crippen LogP contribution in [-0.4, -0.2) is 45.3 Å². The van der Waals surface area contributed by atoms with E-state index in [4.69, 9.17) is 4.84 Å². The molecule has 218 valence electrons. The number of hydroxylamine groups is 3. The number of nitrogens with zero attached hydrogens (tertiary/aromatic N) is 3. The number of carbonyl (C=O) groups is 3. The van der Waals surface area contributed by atoms with Gasteiger partial charge in [-0.15, -0.1) is 11.3 Å². The molecule has 1 aliphatic heterocycles. The Morgan fingerprint density at radius 3 is 2.29 bits per heavy atom. The van der Waals surface area contributed by atoms with Crippen LogP contribution in [-0.2, 0) is 27.4 Å². The number of halogens is 6. The summed E-state index contributed by atoms with van der Waals surface area (Å²) in [6, 6.07) is 11.0. The minimum atomic E-state index is -5.50. The molecule has 2 aromatic heterocycles. The van der Waals surface area contributed by atoms with Crippen molar-refractivity contribution in [2.24, 2.45) is 0 Å². The molecule has 15 heteroatoms. The van der Waals surface area contributed by atoms with E-state index in [1.54, 1.807) is 29.6 Å². The first-order valence-electron chi connectivity index (χ1n) is 12.1. The molecule has 0 aliphatic carbocycles. The summed E-state index contributed by atoms with van der Waals surface area (Å²) in [7, 11) is 0. The number of carbonyl (C=O) groups excluding carboxylic acids is 3. The summed E-state index contributed by atoms with van der Waals surface area (Å²) in [6.07, 6.45) is -3.16. The van der Waals surface area contributed by atoms with Crippen LogP contribution in [0, 0.1) is 0 Å². The molecule has 3 amide bonds. The highest BCUT2D eigenvalue weighted by Crippen LogP contribution is 2.41. The first-order valence-corrected chi connectivity index (χ1v) is 13.7. The van der Waals surface area contributed by atoms with E-state index in [-0.39, 0.29) is 22.6 Å². The molecular formula is C27H18F6N3O4S2+. The first kappa shape index (κ1) is 29.5. The summed E-state index contributed by atoms with van der Waals surface area (Å²) in [5.74, 6) is -3.67. The van der Waals surface area contributed by atoms with Crippen LogP contribution in [0.4, 0.5) is 36.8 Å². The van der Waals surface area contributed by atoms with Gasteiger partial charge in [-0.05, 0) is 75.2 Å². The maximum absolute atomic E-state index is 14.1. The van der Waals surface area contributed by atoms with Crippen molar-refractivity contribution in [2.75, 3.05) is 4.90 Å². The highest BCUT2D eigenvalue weighted by atomic mass is 32.2. The van der Waals surface area contributed by atoms with Gasteiger partial charge in [-0.1, -0.05) is 18.2 Å². The molecule has 0 N–H and O–H groups in total. The van der Waals surface area contributed by atoms with Gasteiger partial charge in [0.05, 0.1) is 5.69 Å². The zero-order valence-corrected chi connectivity index (χ0v) is 22.7. The van der Waals surface area contributed by atoms with Crippen molar-refractivity contribution >= 4 is 56.8 Å². The molecule has 2 atom stereocenters. The van der Waals surface area contributed by atoms with E-state index >= 15 is 0 Å². The Balaban J connectivity index is 1.64. The molecule has 4 aromatic rings. The van der Waals surface area contributed by atoms with E-state index < -0.39 is 58.6 Å². The summed E-state index contributed by atoms with van der Waals surface area (Å²) < 4.78 is 78.3. The Morgan fingerprint density at radius 2 is 1.64 bits per heavy atom. The van der Waals surface area contributed by atoms with Gasteiger partial charge in [0, 0.05) is 34.0 Å². The number of anilines is 1. The number of benzene rings is 2. The van der Waals surface area contributed by atoms with E-state index in [2.05, 4.69) is 4.98 Å². The lowest BCUT2D eigenvalue weighted by atomic mass is 10.0. The molecule has 0 bridgehead atoms. The Kier molecular flexibility index (Phi) is 7.76. The quantitative estimate of drug-likeness (QED) is 0.0950. The van der Waals surface area contributed by atoms with Crippen LogP contribution in [0.3, 0.4) is 0 Å². The average Bonchev–Trinajstić information content (AvgIpc) is 3.41. The molecule has 42 heavy (non-hydrogen) atoms. The second-order valence-electron chi connectivity index (χ2n) is 9.16. The van der Waals surface area contributed by atoms with E-state index in [9.17, 15) is 40.7 Å². The Labute approximate surface area is 241 Å². The number of hydrogen-bond donors (Lipinski definition) is 0. The van der Waals surface area contributed by atoms with Crippen molar-refractivity contribution in [1.82, 2.24) is 4.98 Å². The Hall–Kier alpha value is -3.95. The third-order valence-corrected chi connectivity index (χ3v) is 8.22. The number of pyridine rings is 1. The molecule has 1 saturated heterocycles. The van der Waals surface area contributed by atoms with Crippen LogP contribution in [0.2, 0.25) is 0 Å². The van der Waals surface area contributed by atoms with Crippen molar-refractivity contribution < 1.29 is 50.2 Å². The number of amides is 3. The van der Waals surface area contributed by atoms with Gasteiger partial charge in [-0.25, -0.2) is 9.59 Å². The summed E-state index contributed by atoms with van der Waals surface area (Å²) in [5.41, 5.74) is -4.03. The van der Waals surface area contributed by atoms with Gasteiger partial charge in [0.2, 0.25) is 6.04 Å². The average molecular weight is 627 g/mol. The summed E-state index contributed by atoms with van der Waals surface area (Å²) in [5, 5.41) is 2.39. The second kappa shape index (κ2) is 11.0. The largest absolute Gasteiger partial charge is 0.497 e. The zero-order chi connectivity index (χ0) is 30.3. The predicted molar refractivity (Wildman–Crippen MR) is 141 cm³/mol. The Morgan fingerprint density at radius 1 is 0.976 bits per heavy atom. The minimum Gasteiger partial charge on any atom is -0.267 e. The lowest BCUT2D eigenvalue weighted by Gasteiger charge is -2.31. The van der Waals surface area contributed by atoms with Gasteiger partial charge in [-0.3, -0.25) is 14.6 Å². The lowest BCUT2D eigenvalue weighted by molar-refractivity contribution is -1.04. The maximum Gasteiger partial charge on any atom is 0.497 e. The number of urea groups is 1. The van der Waals surface area contributed by atoms with Crippen molar-refractivity contribution in [3.8, 4) is 0 Å². The Bertz CT molecular complexity index is 1640. The van der Waals surface area contributed by atoms with Crippen molar-refractivity contribution in [3.05, 3.63) is 89.6 Å². The molecule has 1 aliphatic rings. The highest BCUT2D eigenvalue weighted by Gasteiger charge is 2.66. The molecular weight excluding hydrogens is 608 g/mol. The van der Waals surface area contributed by atoms with Crippen LogP contribution in [0.25, 0.3) is 10.1 Å². The number of quaternary nitrogens is 1. The lowest BCUT2D eigenvalue weighted by Crippen LogP contribution is -2.58. The van der Waals surface area contributed by atoms with Crippen LogP contribution < -0.4 is 4.90 Å². The van der Waals surface area contributed by atoms with E-state index in [0.717, 1.165) is 29.0 Å². The molecule has 3 heterocycles. The number of imide groups is 1. The van der Waals surface area contributed by atoms with E-state index in [0.29, 0.717) is 15.8 Å². The van der Waals surface area contributed by atoms with E-state index in [1.165, 1.54) is 35.9 Å². The minimum absolute atomic E-state index is 0.200. The molecule has 0 saturated carbocycles. The maximum atomic E-state index is 14.1. The summed E-state index contributed by atoms with van der Waals surface area (Å²) in [6.45, 7) is -0.653. The fraction of sp³-hybridized carbons (Fsp3) is 0.185. The number of aromatic nitrogens is 1. The van der Waals surface area contributed by atoms with Gasteiger partial charge in [0.15, 0.2) is 6.54 Å². The van der Waals surface area contributed by atoms with Crippen LogP contribution in [0.5, 0.6) is 0 Å². The van der Waals surface area contributed by atoms with Gasteiger partial charge in [-0.2, -0.15) is 31.2 Å². The topological polar surface area (TPSA) is 76.6 Å². The first-order chi connectivity index (χ1) is 19.8. The molecule has 7 nitrogen and oxygen atoms in total. The summed E-state index contributed by atoms with van der Waals surface area (Å²) >= 11 is 0.897. The van der Waals surface area contributed by atoms with Crippen LogP contribution in [0.15, 0.2) is 83.3 Å². The standard InChI is InChI=1S/C27H18F6N3O4S2/c28-26(29,30)24(38)40-36(14-16-9-11-34-12-10-16)21(13-17-15-41-22-4-2-1-3-20(17)22)23(37)35(25(36)39)18-5-7-19(8-6-18)42-27(31,32)33/h1-12,15,21H,13-14H2/q+1. The molecule has 2 aromatic carbocycles. The zero-order valence-electron chi connectivity index (χ0n) is 21.1. The van der Waals surface area contributed by atoms with Gasteiger partial charge >= 0.3 is 29.6 Å². The highest BCUT2D eigenvalue weighted by molar-refractivity contribution is 8.00. The van der Waals surface area contributed by atoms with Crippen molar-refractivity contribution in [1.29, 1.82) is 0 Å². The number of fused-ring (bicyclic) bond motifs is 1. The monoisotopic (exact) mass is 626 g/mol. The van der Waals surface area contributed by atoms with Crippen LogP contribution in [0.1, 0.15) is 11.1 Å². The molecule has 1 fully saturated rings. The van der Waals surface area contributed by atoms with Gasteiger partial charge in [0.1, 0.15) is 0 Å². The fourth-order valence-corrected chi connectivity index (χ4v) is 6.18. The molecule has 2 unspecified atom stereocenters. The number of hydrogen-bond acceptors (Lipinski definition) is 7. The molecule has 0 spiro atoms. The SMILES string of the molecule is O=C1C(Cc2csc3ccccc23)[N+](Cc2ccncc2)(OC(=O)C(F)(F)F)C(=O)N1c1ccc(SC(F)(F)F)cc1. The smallest absolute Gasteiger partial charge is 0.267 e. The second-order valence-corrected chi connectivity index (χ2v) is 11.2.